The molecule has 55 heavy (non-hydrogen) atoms. The topological polar surface area (TPSA) is 332 Å². The maximum Gasteiger partial charge on any atom is 0.325 e. The Morgan fingerprint density at radius 2 is 1.51 bits per heavy atom. The van der Waals surface area contributed by atoms with E-state index in [9.17, 15) is 48.3 Å². The van der Waals surface area contributed by atoms with Gasteiger partial charge in [-0.25, -0.2) is 4.98 Å². The first-order valence-electron chi connectivity index (χ1n) is 17.3. The highest BCUT2D eigenvalue weighted by Gasteiger charge is 2.37. The molecular formula is C34H45N9O12. The molecule has 298 valence electrons. The Kier molecular flexibility index (Phi) is 16.2. The van der Waals surface area contributed by atoms with Crippen LogP contribution >= 0.6 is 0 Å². The Balaban J connectivity index is 1.71. The summed E-state index contributed by atoms with van der Waals surface area (Å²) in [6, 6.07) is 0.403. The number of nitrogens with one attached hydrogen (secondary N) is 6. The maximum atomic E-state index is 13.7. The van der Waals surface area contributed by atoms with Gasteiger partial charge in [0.15, 0.2) is 0 Å². The highest BCUT2D eigenvalue weighted by molar-refractivity contribution is 5.97. The van der Waals surface area contributed by atoms with Crippen molar-refractivity contribution in [3.8, 4) is 0 Å². The van der Waals surface area contributed by atoms with Crippen LogP contribution in [0.15, 0.2) is 42.9 Å². The van der Waals surface area contributed by atoms with Gasteiger partial charge in [0, 0.05) is 37.7 Å². The van der Waals surface area contributed by atoms with Crippen LogP contribution in [0.3, 0.4) is 0 Å². The minimum absolute atomic E-state index is 0.0788. The molecule has 0 aliphatic carbocycles. The van der Waals surface area contributed by atoms with Crippen molar-refractivity contribution in [2.75, 3.05) is 13.1 Å². The monoisotopic (exact) mass is 771 g/mol. The van der Waals surface area contributed by atoms with Gasteiger partial charge in [-0.2, -0.15) is 0 Å². The molecule has 21 heteroatoms. The molecule has 1 aromatic heterocycles. The lowest BCUT2D eigenvalue weighted by molar-refractivity contribution is -0.143. The first kappa shape index (κ1) is 43.0. The van der Waals surface area contributed by atoms with Crippen LogP contribution in [0, 0.1) is 0 Å². The molecule has 0 unspecified atom stereocenters. The summed E-state index contributed by atoms with van der Waals surface area (Å²) in [6.07, 6.45) is 1.72. The number of imidazole rings is 1. The van der Waals surface area contributed by atoms with E-state index in [2.05, 4.69) is 36.6 Å². The van der Waals surface area contributed by atoms with Crippen LogP contribution in [0.5, 0.6) is 0 Å². The highest BCUT2D eigenvalue weighted by Crippen LogP contribution is 2.18. The number of benzene rings is 1. The normalized spacial score (nSPS) is 16.3. The Hall–Kier alpha value is -6.38. The fourth-order valence-corrected chi connectivity index (χ4v) is 5.60. The molecule has 0 spiro atoms. The van der Waals surface area contributed by atoms with Crippen molar-refractivity contribution < 1.29 is 58.5 Å². The number of aromatic nitrogens is 2. The highest BCUT2D eigenvalue weighted by atomic mass is 16.4. The number of H-pyrrole nitrogens is 1. The molecule has 6 atom stereocenters. The Morgan fingerprint density at radius 1 is 0.855 bits per heavy atom. The molecule has 2 heterocycles. The Bertz CT molecular complexity index is 1710. The number of carboxylic acid groups (broad SMARTS) is 3. The molecule has 2 aromatic rings. The summed E-state index contributed by atoms with van der Waals surface area (Å²) in [5, 5.41) is 39.4. The zero-order chi connectivity index (χ0) is 40.7. The van der Waals surface area contributed by atoms with Crippen molar-refractivity contribution in [1.29, 1.82) is 0 Å². The van der Waals surface area contributed by atoms with E-state index in [0.717, 1.165) is 6.92 Å². The summed E-state index contributed by atoms with van der Waals surface area (Å²) >= 11 is 0. The van der Waals surface area contributed by atoms with Crippen molar-refractivity contribution in [1.82, 2.24) is 41.5 Å². The van der Waals surface area contributed by atoms with Gasteiger partial charge in [0.1, 0.15) is 30.2 Å². The molecule has 0 saturated carbocycles. The number of aliphatic carboxylic acids is 3. The van der Waals surface area contributed by atoms with Gasteiger partial charge in [-0.15, -0.1) is 0 Å². The van der Waals surface area contributed by atoms with E-state index in [1.807, 2.05) is 0 Å². The summed E-state index contributed by atoms with van der Waals surface area (Å²) in [5.74, 6) is -9.01. The molecule has 1 aliphatic heterocycles. The van der Waals surface area contributed by atoms with E-state index in [4.69, 9.17) is 15.9 Å². The summed E-state index contributed by atoms with van der Waals surface area (Å²) in [4.78, 5) is 121. The summed E-state index contributed by atoms with van der Waals surface area (Å²) in [6.45, 7) is 0.689. The largest absolute Gasteiger partial charge is 0.481 e. The quantitative estimate of drug-likeness (QED) is 0.0606. The Morgan fingerprint density at radius 3 is 2.13 bits per heavy atom. The lowest BCUT2D eigenvalue weighted by Crippen LogP contribution is -2.58. The van der Waals surface area contributed by atoms with E-state index in [1.54, 1.807) is 30.3 Å². The number of carbonyl (C=O) groups excluding carboxylic acids is 6. The smallest absolute Gasteiger partial charge is 0.325 e. The fraction of sp³-hybridized carbons (Fsp3) is 0.471. The molecule has 0 radical (unpaired) electrons. The molecule has 0 bridgehead atoms. The molecule has 1 fully saturated rings. The predicted octanol–water partition coefficient (Wildman–Crippen LogP) is -2.99. The third-order valence-electron chi connectivity index (χ3n) is 8.56. The first-order chi connectivity index (χ1) is 26.0. The number of likely N-dealkylation sites (tertiary alicyclic amines) is 1. The molecule has 11 N–H and O–H groups in total. The van der Waals surface area contributed by atoms with Crippen molar-refractivity contribution in [3.63, 3.8) is 0 Å². The predicted molar refractivity (Wildman–Crippen MR) is 188 cm³/mol. The van der Waals surface area contributed by atoms with Crippen LogP contribution in [0.2, 0.25) is 0 Å². The van der Waals surface area contributed by atoms with Crippen molar-refractivity contribution >= 4 is 53.4 Å². The summed E-state index contributed by atoms with van der Waals surface area (Å²) in [7, 11) is 0. The van der Waals surface area contributed by atoms with E-state index in [0.29, 0.717) is 17.7 Å². The molecule has 1 saturated heterocycles. The Labute approximate surface area is 314 Å². The fourth-order valence-electron chi connectivity index (χ4n) is 5.60. The summed E-state index contributed by atoms with van der Waals surface area (Å²) < 4.78 is 0. The van der Waals surface area contributed by atoms with E-state index in [1.165, 1.54) is 17.4 Å². The van der Waals surface area contributed by atoms with E-state index >= 15 is 0 Å². The molecule has 3 rings (SSSR count). The minimum Gasteiger partial charge on any atom is -0.481 e. The second kappa shape index (κ2) is 20.8. The number of hydrogen-bond acceptors (Lipinski definition) is 11. The van der Waals surface area contributed by atoms with Crippen LogP contribution < -0.4 is 32.3 Å². The van der Waals surface area contributed by atoms with Crippen LogP contribution in [-0.2, 0) is 56.0 Å². The van der Waals surface area contributed by atoms with E-state index < -0.39 is 103 Å². The van der Waals surface area contributed by atoms with E-state index in [-0.39, 0.29) is 38.6 Å². The number of amides is 6. The average molecular weight is 772 g/mol. The number of aromatic amines is 1. The zero-order valence-electron chi connectivity index (χ0n) is 29.9. The van der Waals surface area contributed by atoms with Crippen molar-refractivity contribution in [3.05, 3.63) is 54.1 Å². The molecule has 1 aliphatic rings. The number of carboxylic acids is 3. The summed E-state index contributed by atoms with van der Waals surface area (Å²) in [5.41, 5.74) is 6.85. The number of nitrogens with zero attached hydrogens (tertiary/aromatic N) is 2. The van der Waals surface area contributed by atoms with Gasteiger partial charge in [-0.3, -0.25) is 43.2 Å². The van der Waals surface area contributed by atoms with Crippen LogP contribution in [0.4, 0.5) is 0 Å². The van der Waals surface area contributed by atoms with Gasteiger partial charge in [0.25, 0.3) is 0 Å². The van der Waals surface area contributed by atoms with Crippen molar-refractivity contribution in [2.24, 2.45) is 5.73 Å². The van der Waals surface area contributed by atoms with Crippen LogP contribution in [-0.4, -0.2) is 133 Å². The number of nitrogens with two attached hydrogens (primary N) is 1. The van der Waals surface area contributed by atoms with Gasteiger partial charge in [-0.1, -0.05) is 30.3 Å². The lowest BCUT2D eigenvalue weighted by Gasteiger charge is -2.28. The van der Waals surface area contributed by atoms with Gasteiger partial charge < -0.3 is 57.5 Å². The molecule has 1 aromatic carbocycles. The van der Waals surface area contributed by atoms with Crippen molar-refractivity contribution in [2.45, 2.75) is 88.1 Å². The lowest BCUT2D eigenvalue weighted by atomic mass is 10.0. The van der Waals surface area contributed by atoms with Gasteiger partial charge in [0.05, 0.1) is 25.3 Å². The molecule has 21 nitrogen and oxygen atoms in total. The standard InChI is InChI=1S/C34H45N9O12/c1-18(34(54)55)39-31(51)24(14-28(47)48)41-32(52)22(12-19-6-3-2-4-7-19)42-33(53)25-8-5-11-43(25)26(44)16-37-30(50)23(13-20-15-36-17-38-20)40-29(49)21(35)9-10-27(45)46/h2-4,6-7,15,17-18,21-25H,5,8-14,16,35H2,1H3,(H,36,38)(H,37,50)(H,39,51)(H,40,49)(H,41,52)(H,42,53)(H,45,46)(H,47,48)(H,54,55)/t18-,21-,22-,23-,24-,25-/m0/s1. The zero-order valence-corrected chi connectivity index (χ0v) is 29.9. The molecule has 6 amide bonds. The SMILES string of the molecule is C[C@H](NC(=O)[C@H](CC(=O)O)NC(=O)[C@H](Cc1ccccc1)NC(=O)[C@@H]1CCCN1C(=O)CNC(=O)[C@H](Cc1cnc[nH]1)NC(=O)[C@@H](N)CCC(=O)O)C(=O)O. The second-order valence-electron chi connectivity index (χ2n) is 12.8. The van der Waals surface area contributed by atoms with Gasteiger partial charge in [0.2, 0.25) is 35.4 Å². The number of carbonyl (C=O) groups is 9. The minimum atomic E-state index is -1.70. The third kappa shape index (κ3) is 13.8. The number of rotatable bonds is 21. The van der Waals surface area contributed by atoms with Gasteiger partial charge in [-0.05, 0) is 31.7 Å². The second-order valence-corrected chi connectivity index (χ2v) is 12.8. The van der Waals surface area contributed by atoms with Crippen LogP contribution in [0.1, 0.15) is 50.3 Å². The maximum absolute atomic E-state index is 13.7. The van der Waals surface area contributed by atoms with Gasteiger partial charge >= 0.3 is 17.9 Å². The average Bonchev–Trinajstić information content (AvgIpc) is 3.85. The third-order valence-corrected chi connectivity index (χ3v) is 8.56. The number of hydrogen-bond donors (Lipinski definition) is 10. The van der Waals surface area contributed by atoms with Crippen LogP contribution in [0.25, 0.3) is 0 Å². The molecular weight excluding hydrogens is 726 g/mol. The first-order valence-corrected chi connectivity index (χ1v) is 17.3.